The Morgan fingerprint density at radius 3 is 2.17 bits per heavy atom. The van der Waals surface area contributed by atoms with Crippen LogP contribution in [-0.4, -0.2) is 72.2 Å². The summed E-state index contributed by atoms with van der Waals surface area (Å²) in [5.74, 6) is -0.740. The number of carbonyl (C=O) groups excluding carboxylic acids is 3. The van der Waals surface area contributed by atoms with Crippen molar-refractivity contribution in [1.29, 1.82) is 0 Å². The number of fused-ring (bicyclic) bond motifs is 1. The van der Waals surface area contributed by atoms with Crippen molar-refractivity contribution in [3.63, 3.8) is 0 Å². The predicted molar refractivity (Wildman–Crippen MR) is 135 cm³/mol. The van der Waals surface area contributed by atoms with Gasteiger partial charge in [-0.15, -0.1) is 0 Å². The van der Waals surface area contributed by atoms with Gasteiger partial charge in [-0.05, 0) is 55.6 Å². The second-order valence-electron chi connectivity index (χ2n) is 10.2. The molecule has 7 nitrogen and oxygen atoms in total. The maximum atomic E-state index is 13.3. The fourth-order valence-electron chi connectivity index (χ4n) is 5.60. The SMILES string of the molecule is CN1CCN(Cc2ccc(NC(=O)C3CCCCC3CN3C(=O)c4ccccc4C3=O)cc2)CC1. The molecule has 0 aromatic heterocycles. The molecule has 2 unspecified atom stereocenters. The lowest BCUT2D eigenvalue weighted by atomic mass is 9.78. The molecular weight excluding hydrogens is 440 g/mol. The molecule has 2 aromatic carbocycles. The molecule has 1 saturated carbocycles. The third kappa shape index (κ3) is 5.16. The number of hydrogen-bond donors (Lipinski definition) is 1. The molecule has 7 heteroatoms. The minimum absolute atomic E-state index is 0.0156. The molecule has 3 amide bonds. The van der Waals surface area contributed by atoms with Crippen LogP contribution >= 0.6 is 0 Å². The largest absolute Gasteiger partial charge is 0.326 e. The highest BCUT2D eigenvalue weighted by Crippen LogP contribution is 2.34. The zero-order chi connectivity index (χ0) is 24.4. The number of likely N-dealkylation sites (N-methyl/N-ethyl adjacent to an activating group) is 1. The molecule has 2 heterocycles. The molecule has 2 aliphatic heterocycles. The quantitative estimate of drug-likeness (QED) is 0.649. The molecule has 1 aliphatic carbocycles. The monoisotopic (exact) mass is 474 g/mol. The summed E-state index contributed by atoms with van der Waals surface area (Å²) < 4.78 is 0. The van der Waals surface area contributed by atoms with Crippen molar-refractivity contribution < 1.29 is 14.4 Å². The van der Waals surface area contributed by atoms with Crippen molar-refractivity contribution in [1.82, 2.24) is 14.7 Å². The van der Waals surface area contributed by atoms with Gasteiger partial charge in [-0.1, -0.05) is 37.1 Å². The fraction of sp³-hybridized carbons (Fsp3) is 0.464. The highest BCUT2D eigenvalue weighted by Gasteiger charge is 2.40. The molecule has 0 spiro atoms. The number of piperazine rings is 1. The molecule has 2 atom stereocenters. The van der Waals surface area contributed by atoms with Crippen molar-refractivity contribution in [3.05, 3.63) is 65.2 Å². The van der Waals surface area contributed by atoms with Crippen LogP contribution in [0.3, 0.4) is 0 Å². The smallest absolute Gasteiger partial charge is 0.261 e. The van der Waals surface area contributed by atoms with Gasteiger partial charge in [0.05, 0.1) is 11.1 Å². The van der Waals surface area contributed by atoms with Crippen LogP contribution in [0.5, 0.6) is 0 Å². The molecule has 1 N–H and O–H groups in total. The summed E-state index contributed by atoms with van der Waals surface area (Å²) in [7, 11) is 2.16. The first-order chi connectivity index (χ1) is 17.0. The van der Waals surface area contributed by atoms with E-state index in [1.165, 1.54) is 10.5 Å². The maximum absolute atomic E-state index is 13.3. The van der Waals surface area contributed by atoms with E-state index in [9.17, 15) is 14.4 Å². The zero-order valence-electron chi connectivity index (χ0n) is 20.4. The van der Waals surface area contributed by atoms with E-state index in [0.29, 0.717) is 17.7 Å². The van der Waals surface area contributed by atoms with Crippen molar-refractivity contribution in [2.24, 2.45) is 11.8 Å². The number of imide groups is 1. The van der Waals surface area contributed by atoms with Gasteiger partial charge in [0.2, 0.25) is 5.91 Å². The lowest BCUT2D eigenvalue weighted by Gasteiger charge is -2.33. The lowest BCUT2D eigenvalue weighted by Crippen LogP contribution is -2.43. The molecule has 184 valence electrons. The van der Waals surface area contributed by atoms with Crippen LogP contribution in [0.4, 0.5) is 5.69 Å². The van der Waals surface area contributed by atoms with Crippen LogP contribution in [0.1, 0.15) is 52.0 Å². The summed E-state index contributed by atoms with van der Waals surface area (Å²) in [6.07, 6.45) is 3.62. The van der Waals surface area contributed by atoms with E-state index < -0.39 is 0 Å². The van der Waals surface area contributed by atoms with Crippen molar-refractivity contribution in [3.8, 4) is 0 Å². The first kappa shape index (κ1) is 23.7. The van der Waals surface area contributed by atoms with E-state index in [2.05, 4.69) is 34.3 Å². The van der Waals surface area contributed by atoms with Gasteiger partial charge in [0.1, 0.15) is 0 Å². The van der Waals surface area contributed by atoms with E-state index in [-0.39, 0.29) is 29.6 Å². The zero-order valence-corrected chi connectivity index (χ0v) is 20.4. The Bertz CT molecular complexity index is 1060. The molecule has 2 fully saturated rings. The van der Waals surface area contributed by atoms with Crippen molar-refractivity contribution in [2.75, 3.05) is 45.1 Å². The molecule has 0 bridgehead atoms. The summed E-state index contributed by atoms with van der Waals surface area (Å²) in [6, 6.07) is 15.1. The summed E-state index contributed by atoms with van der Waals surface area (Å²) in [5.41, 5.74) is 2.97. The number of nitrogens with zero attached hydrogens (tertiary/aromatic N) is 3. The van der Waals surface area contributed by atoms with Gasteiger partial charge in [0, 0.05) is 50.9 Å². The van der Waals surface area contributed by atoms with Gasteiger partial charge in [0.25, 0.3) is 11.8 Å². The Morgan fingerprint density at radius 2 is 1.51 bits per heavy atom. The first-order valence-electron chi connectivity index (χ1n) is 12.8. The van der Waals surface area contributed by atoms with E-state index in [1.807, 2.05) is 12.1 Å². The van der Waals surface area contributed by atoms with Gasteiger partial charge >= 0.3 is 0 Å². The van der Waals surface area contributed by atoms with Crippen LogP contribution in [0.25, 0.3) is 0 Å². The first-order valence-corrected chi connectivity index (χ1v) is 12.8. The molecule has 1 saturated heterocycles. The Morgan fingerprint density at radius 1 is 0.886 bits per heavy atom. The second kappa shape index (κ2) is 10.3. The molecule has 3 aliphatic rings. The highest BCUT2D eigenvalue weighted by molar-refractivity contribution is 6.21. The summed E-state index contributed by atoms with van der Waals surface area (Å²) >= 11 is 0. The van der Waals surface area contributed by atoms with Crippen LogP contribution in [0, 0.1) is 11.8 Å². The number of benzene rings is 2. The predicted octanol–water partition coefficient (Wildman–Crippen LogP) is 3.48. The lowest BCUT2D eigenvalue weighted by molar-refractivity contribution is -0.122. The van der Waals surface area contributed by atoms with Gasteiger partial charge in [-0.25, -0.2) is 0 Å². The van der Waals surface area contributed by atoms with Crippen molar-refractivity contribution >= 4 is 23.4 Å². The van der Waals surface area contributed by atoms with Gasteiger partial charge in [-0.3, -0.25) is 24.2 Å². The second-order valence-corrected chi connectivity index (χ2v) is 10.2. The average molecular weight is 475 g/mol. The third-order valence-corrected chi connectivity index (χ3v) is 7.76. The van der Waals surface area contributed by atoms with Gasteiger partial charge in [-0.2, -0.15) is 0 Å². The normalized spacial score (nSPS) is 23.4. The molecule has 2 aromatic rings. The summed E-state index contributed by atoms with van der Waals surface area (Å²) in [5, 5.41) is 3.10. The number of rotatable bonds is 6. The highest BCUT2D eigenvalue weighted by atomic mass is 16.2. The van der Waals surface area contributed by atoms with Gasteiger partial charge < -0.3 is 10.2 Å². The number of hydrogen-bond acceptors (Lipinski definition) is 5. The standard InChI is InChI=1S/C28H34N4O3/c1-30-14-16-31(17-15-30)18-20-10-12-22(13-11-20)29-26(33)23-7-3-2-6-21(23)19-32-27(34)24-8-4-5-9-25(24)28(32)35/h4-5,8-13,21,23H,2-3,6-7,14-19H2,1H3,(H,29,33). The van der Waals surface area contributed by atoms with Crippen molar-refractivity contribution in [2.45, 2.75) is 32.2 Å². The Hall–Kier alpha value is -3.03. The van der Waals surface area contributed by atoms with Gasteiger partial charge in [0.15, 0.2) is 0 Å². The molecule has 5 rings (SSSR count). The Labute approximate surface area is 207 Å². The van der Waals surface area contributed by atoms with Crippen LogP contribution in [-0.2, 0) is 11.3 Å². The van der Waals surface area contributed by atoms with E-state index in [0.717, 1.165) is 64.1 Å². The van der Waals surface area contributed by atoms with Crippen LogP contribution in [0.2, 0.25) is 0 Å². The fourth-order valence-corrected chi connectivity index (χ4v) is 5.60. The number of carbonyl (C=O) groups is 3. The number of amides is 3. The molecule has 0 radical (unpaired) electrons. The Balaban J connectivity index is 1.20. The third-order valence-electron chi connectivity index (χ3n) is 7.76. The topological polar surface area (TPSA) is 73.0 Å². The van der Waals surface area contributed by atoms with E-state index in [4.69, 9.17) is 0 Å². The summed E-state index contributed by atoms with van der Waals surface area (Å²) in [6.45, 7) is 5.56. The number of nitrogens with one attached hydrogen (secondary N) is 1. The maximum Gasteiger partial charge on any atom is 0.261 e. The molecular formula is C28H34N4O3. The summed E-state index contributed by atoms with van der Waals surface area (Å²) in [4.78, 5) is 45.1. The van der Waals surface area contributed by atoms with Crippen LogP contribution < -0.4 is 5.32 Å². The Kier molecular flexibility index (Phi) is 6.97. The van der Waals surface area contributed by atoms with E-state index in [1.54, 1.807) is 24.3 Å². The molecule has 35 heavy (non-hydrogen) atoms. The van der Waals surface area contributed by atoms with Crippen LogP contribution in [0.15, 0.2) is 48.5 Å². The number of anilines is 1. The minimum Gasteiger partial charge on any atom is -0.326 e. The minimum atomic E-state index is -0.244. The average Bonchev–Trinajstić information content (AvgIpc) is 3.12. The van der Waals surface area contributed by atoms with E-state index >= 15 is 0 Å².